The van der Waals surface area contributed by atoms with Crippen LogP contribution in [0.1, 0.15) is 47.9 Å². The summed E-state index contributed by atoms with van der Waals surface area (Å²) in [6.45, 7) is 11.6. The van der Waals surface area contributed by atoms with Crippen LogP contribution in [0.2, 0.25) is 0 Å². The number of nitrogens with one attached hydrogen (secondary N) is 1. The molecule has 0 radical (unpaired) electrons. The fourth-order valence-corrected chi connectivity index (χ4v) is 3.77. The molecule has 1 aromatic carbocycles. The van der Waals surface area contributed by atoms with Gasteiger partial charge in [0.15, 0.2) is 0 Å². The molecule has 2 aliphatic rings. The molecule has 1 unspecified atom stereocenters. The molecular weight excluding hydrogens is 256 g/mol. The average Bonchev–Trinajstić information content (AvgIpc) is 3.25. The van der Waals surface area contributed by atoms with Crippen molar-refractivity contribution in [1.29, 1.82) is 0 Å². The standard InChI is InChI=1S/C19H30N2/c1-14-9-15(2)19(16(3)10-14)13-21-8-4-5-17(12-21)11-20-18-6-7-18/h9-10,17-18,20H,4-8,11-13H2,1-3H3. The summed E-state index contributed by atoms with van der Waals surface area (Å²) in [5, 5.41) is 3.71. The van der Waals surface area contributed by atoms with Gasteiger partial charge in [0.2, 0.25) is 0 Å². The molecule has 1 saturated heterocycles. The first-order valence-electron chi connectivity index (χ1n) is 8.64. The lowest BCUT2D eigenvalue weighted by Crippen LogP contribution is -2.39. The Morgan fingerprint density at radius 1 is 1.10 bits per heavy atom. The van der Waals surface area contributed by atoms with Gasteiger partial charge < -0.3 is 5.32 Å². The Hall–Kier alpha value is -0.860. The smallest absolute Gasteiger partial charge is 0.0239 e. The molecule has 0 amide bonds. The van der Waals surface area contributed by atoms with Crippen molar-refractivity contribution >= 4 is 0 Å². The molecule has 1 saturated carbocycles. The molecule has 2 nitrogen and oxygen atoms in total. The van der Waals surface area contributed by atoms with Crippen molar-refractivity contribution in [3.8, 4) is 0 Å². The molecule has 1 N–H and O–H groups in total. The van der Waals surface area contributed by atoms with Gasteiger partial charge in [0.25, 0.3) is 0 Å². The van der Waals surface area contributed by atoms with Gasteiger partial charge in [-0.2, -0.15) is 0 Å². The molecule has 2 fully saturated rings. The van der Waals surface area contributed by atoms with Crippen molar-refractivity contribution in [2.45, 2.75) is 59.0 Å². The Kier molecular flexibility index (Phi) is 4.66. The van der Waals surface area contributed by atoms with E-state index in [1.165, 1.54) is 62.0 Å². The first kappa shape index (κ1) is 15.1. The summed E-state index contributed by atoms with van der Waals surface area (Å²) < 4.78 is 0. The molecule has 1 aliphatic heterocycles. The van der Waals surface area contributed by atoms with E-state index in [0.717, 1.165) is 18.5 Å². The maximum atomic E-state index is 3.71. The third-order valence-corrected chi connectivity index (χ3v) is 5.10. The van der Waals surface area contributed by atoms with Gasteiger partial charge in [0.1, 0.15) is 0 Å². The molecule has 3 rings (SSSR count). The molecule has 1 aromatic rings. The van der Waals surface area contributed by atoms with Gasteiger partial charge in [-0.1, -0.05) is 17.7 Å². The Morgan fingerprint density at radius 3 is 2.48 bits per heavy atom. The minimum Gasteiger partial charge on any atom is -0.314 e. The van der Waals surface area contributed by atoms with Crippen LogP contribution in [0.15, 0.2) is 12.1 Å². The molecule has 2 heteroatoms. The molecule has 1 atom stereocenters. The maximum Gasteiger partial charge on any atom is 0.0239 e. The highest BCUT2D eigenvalue weighted by Crippen LogP contribution is 2.24. The fraction of sp³-hybridized carbons (Fsp3) is 0.684. The van der Waals surface area contributed by atoms with E-state index in [1.807, 2.05) is 0 Å². The molecule has 0 spiro atoms. The first-order valence-corrected chi connectivity index (χ1v) is 8.64. The minimum atomic E-state index is 0.849. The Balaban J connectivity index is 1.58. The van der Waals surface area contributed by atoms with E-state index in [1.54, 1.807) is 5.56 Å². The molecule has 21 heavy (non-hydrogen) atoms. The highest BCUT2D eigenvalue weighted by atomic mass is 15.1. The number of benzene rings is 1. The van der Waals surface area contributed by atoms with Gasteiger partial charge in [-0.25, -0.2) is 0 Å². The quantitative estimate of drug-likeness (QED) is 0.890. The summed E-state index contributed by atoms with van der Waals surface area (Å²) in [6.07, 6.45) is 5.57. The van der Waals surface area contributed by atoms with Crippen LogP contribution < -0.4 is 5.32 Å². The summed E-state index contributed by atoms with van der Waals surface area (Å²) in [6, 6.07) is 5.51. The lowest BCUT2D eigenvalue weighted by atomic mass is 9.95. The molecule has 1 aliphatic carbocycles. The number of aryl methyl sites for hydroxylation is 3. The number of likely N-dealkylation sites (tertiary alicyclic amines) is 1. The predicted molar refractivity (Wildman–Crippen MR) is 89.7 cm³/mol. The number of rotatable bonds is 5. The molecule has 116 valence electrons. The summed E-state index contributed by atoms with van der Waals surface area (Å²) in [5.74, 6) is 0.852. The second kappa shape index (κ2) is 6.50. The third-order valence-electron chi connectivity index (χ3n) is 5.10. The number of piperidine rings is 1. The van der Waals surface area contributed by atoms with Crippen molar-refractivity contribution < 1.29 is 0 Å². The van der Waals surface area contributed by atoms with Crippen LogP contribution in [0.5, 0.6) is 0 Å². The first-order chi connectivity index (χ1) is 10.1. The van der Waals surface area contributed by atoms with E-state index in [4.69, 9.17) is 0 Å². The number of hydrogen-bond acceptors (Lipinski definition) is 2. The average molecular weight is 286 g/mol. The SMILES string of the molecule is Cc1cc(C)c(CN2CCCC(CNC3CC3)C2)c(C)c1. The second-order valence-corrected chi connectivity index (χ2v) is 7.30. The highest BCUT2D eigenvalue weighted by Gasteiger charge is 2.25. The lowest BCUT2D eigenvalue weighted by Gasteiger charge is -2.33. The fourth-order valence-electron chi connectivity index (χ4n) is 3.77. The normalized spacial score (nSPS) is 23.5. The van der Waals surface area contributed by atoms with Crippen molar-refractivity contribution in [3.05, 3.63) is 34.4 Å². The van der Waals surface area contributed by atoms with Crippen LogP contribution in [0.25, 0.3) is 0 Å². The summed E-state index contributed by atoms with van der Waals surface area (Å²) in [7, 11) is 0. The Morgan fingerprint density at radius 2 is 1.81 bits per heavy atom. The second-order valence-electron chi connectivity index (χ2n) is 7.30. The Labute approximate surface area is 129 Å². The van der Waals surface area contributed by atoms with Crippen LogP contribution >= 0.6 is 0 Å². The number of nitrogens with zero attached hydrogens (tertiary/aromatic N) is 1. The van der Waals surface area contributed by atoms with E-state index in [2.05, 4.69) is 43.1 Å². The van der Waals surface area contributed by atoms with Crippen LogP contribution in [0, 0.1) is 26.7 Å². The Bertz CT molecular complexity index is 467. The zero-order valence-electron chi connectivity index (χ0n) is 13.9. The molecule has 0 aromatic heterocycles. The maximum absolute atomic E-state index is 3.71. The van der Waals surface area contributed by atoms with Gasteiger partial charge in [0.05, 0.1) is 0 Å². The van der Waals surface area contributed by atoms with Gasteiger partial charge >= 0.3 is 0 Å². The molecule has 1 heterocycles. The van der Waals surface area contributed by atoms with Crippen LogP contribution in [0.3, 0.4) is 0 Å². The summed E-state index contributed by atoms with van der Waals surface area (Å²) in [4.78, 5) is 2.67. The van der Waals surface area contributed by atoms with E-state index < -0.39 is 0 Å². The lowest BCUT2D eigenvalue weighted by molar-refractivity contribution is 0.164. The van der Waals surface area contributed by atoms with Crippen molar-refractivity contribution in [1.82, 2.24) is 10.2 Å². The van der Waals surface area contributed by atoms with Gasteiger partial charge in [-0.15, -0.1) is 0 Å². The topological polar surface area (TPSA) is 15.3 Å². The highest BCUT2D eigenvalue weighted by molar-refractivity contribution is 5.37. The van der Waals surface area contributed by atoms with Crippen molar-refractivity contribution in [2.24, 2.45) is 5.92 Å². The summed E-state index contributed by atoms with van der Waals surface area (Å²) in [5.41, 5.74) is 5.87. The van der Waals surface area contributed by atoms with Crippen LogP contribution in [0.4, 0.5) is 0 Å². The van der Waals surface area contributed by atoms with E-state index in [0.29, 0.717) is 0 Å². The van der Waals surface area contributed by atoms with Gasteiger partial charge in [-0.3, -0.25) is 4.90 Å². The minimum absolute atomic E-state index is 0.849. The molecule has 0 bridgehead atoms. The summed E-state index contributed by atoms with van der Waals surface area (Å²) >= 11 is 0. The van der Waals surface area contributed by atoms with E-state index in [9.17, 15) is 0 Å². The van der Waals surface area contributed by atoms with Crippen LogP contribution in [-0.4, -0.2) is 30.6 Å². The van der Waals surface area contributed by atoms with Gasteiger partial charge in [-0.05, 0) is 82.2 Å². The monoisotopic (exact) mass is 286 g/mol. The van der Waals surface area contributed by atoms with E-state index >= 15 is 0 Å². The third kappa shape index (κ3) is 4.08. The van der Waals surface area contributed by atoms with Crippen LogP contribution in [-0.2, 0) is 6.54 Å². The van der Waals surface area contributed by atoms with Gasteiger partial charge in [0, 0.05) is 19.1 Å². The zero-order valence-corrected chi connectivity index (χ0v) is 13.9. The predicted octanol–water partition coefficient (Wildman–Crippen LogP) is 3.58. The van der Waals surface area contributed by atoms with Crippen molar-refractivity contribution in [3.63, 3.8) is 0 Å². The van der Waals surface area contributed by atoms with E-state index in [-0.39, 0.29) is 0 Å². The van der Waals surface area contributed by atoms with Crippen molar-refractivity contribution in [2.75, 3.05) is 19.6 Å². The number of hydrogen-bond donors (Lipinski definition) is 1. The molecular formula is C19H30N2. The largest absolute Gasteiger partial charge is 0.314 e. The zero-order chi connectivity index (χ0) is 14.8.